The molecule has 3 aromatic rings. The Labute approximate surface area is 151 Å². The first kappa shape index (κ1) is 18.0. The third-order valence-electron chi connectivity index (χ3n) is 4.24. The number of imidazole rings is 1. The van der Waals surface area contributed by atoms with E-state index in [0.29, 0.717) is 40.6 Å². The summed E-state index contributed by atoms with van der Waals surface area (Å²) >= 11 is 0. The van der Waals surface area contributed by atoms with Crippen LogP contribution >= 0.6 is 0 Å². The highest BCUT2D eigenvalue weighted by atomic mass is 19.1. The number of aromatic nitrogens is 4. The second-order valence-electron chi connectivity index (χ2n) is 6.26. The van der Waals surface area contributed by atoms with Crippen molar-refractivity contribution in [3.8, 4) is 11.4 Å². The Morgan fingerprint density at radius 2 is 2.08 bits per heavy atom. The van der Waals surface area contributed by atoms with E-state index in [1.54, 1.807) is 16.7 Å². The highest BCUT2D eigenvalue weighted by Gasteiger charge is 2.18. The second kappa shape index (κ2) is 7.61. The van der Waals surface area contributed by atoms with Gasteiger partial charge in [-0.2, -0.15) is 0 Å². The van der Waals surface area contributed by atoms with Gasteiger partial charge in [0.1, 0.15) is 17.5 Å². The van der Waals surface area contributed by atoms with Crippen molar-refractivity contribution in [2.24, 2.45) is 7.05 Å². The standard InChI is InChI=1S/C19H22FN5O/c1-12(7-4-3-5-10-26)17-23-16(21)15-19(24-17)25(2)18(22-15)13-8-6-9-14(20)11-13/h3-4,6,8-9,11-12,26H,5,7,10H2,1-2H3,(H2,21,23,24). The molecule has 0 saturated carbocycles. The molecule has 3 N–H and O–H groups in total. The topological polar surface area (TPSA) is 89.9 Å². The van der Waals surface area contributed by atoms with Crippen LogP contribution in [-0.4, -0.2) is 31.2 Å². The van der Waals surface area contributed by atoms with Gasteiger partial charge in [-0.05, 0) is 25.0 Å². The zero-order chi connectivity index (χ0) is 18.7. The summed E-state index contributed by atoms with van der Waals surface area (Å²) in [5.41, 5.74) is 7.90. The molecule has 0 spiro atoms. The van der Waals surface area contributed by atoms with Crippen molar-refractivity contribution in [1.29, 1.82) is 0 Å². The van der Waals surface area contributed by atoms with Gasteiger partial charge in [0.2, 0.25) is 0 Å². The third kappa shape index (κ3) is 3.57. The average molecular weight is 355 g/mol. The summed E-state index contributed by atoms with van der Waals surface area (Å²) < 4.78 is 15.4. The van der Waals surface area contributed by atoms with E-state index in [-0.39, 0.29) is 18.3 Å². The fraction of sp³-hybridized carbons (Fsp3) is 0.316. The van der Waals surface area contributed by atoms with Crippen LogP contribution in [0.1, 0.15) is 31.5 Å². The SMILES string of the molecule is CC(CC=CCCO)c1nc(N)c2nc(-c3cccc(F)c3)n(C)c2n1. The van der Waals surface area contributed by atoms with Crippen molar-refractivity contribution in [2.45, 2.75) is 25.7 Å². The van der Waals surface area contributed by atoms with Gasteiger partial charge in [-0.1, -0.05) is 31.2 Å². The van der Waals surface area contributed by atoms with Gasteiger partial charge in [0.05, 0.1) is 0 Å². The summed E-state index contributed by atoms with van der Waals surface area (Å²) in [7, 11) is 1.83. The van der Waals surface area contributed by atoms with Gasteiger partial charge in [-0.3, -0.25) is 0 Å². The lowest BCUT2D eigenvalue weighted by Gasteiger charge is -2.09. The zero-order valence-corrected chi connectivity index (χ0v) is 14.9. The number of nitrogen functional groups attached to an aromatic ring is 1. The molecule has 0 aliphatic carbocycles. The maximum absolute atomic E-state index is 13.6. The third-order valence-corrected chi connectivity index (χ3v) is 4.24. The summed E-state index contributed by atoms with van der Waals surface area (Å²) in [5, 5.41) is 8.82. The number of aliphatic hydroxyl groups excluding tert-OH is 1. The van der Waals surface area contributed by atoms with Crippen LogP contribution in [0.2, 0.25) is 0 Å². The number of aliphatic hydroxyl groups is 1. The first-order chi connectivity index (χ1) is 12.5. The van der Waals surface area contributed by atoms with Gasteiger partial charge in [-0.25, -0.2) is 19.3 Å². The number of hydrogen-bond acceptors (Lipinski definition) is 5. The Morgan fingerprint density at radius 3 is 2.81 bits per heavy atom. The van der Waals surface area contributed by atoms with E-state index in [0.717, 1.165) is 6.42 Å². The van der Waals surface area contributed by atoms with E-state index in [2.05, 4.69) is 15.0 Å². The lowest BCUT2D eigenvalue weighted by molar-refractivity contribution is 0.302. The molecule has 2 heterocycles. The molecule has 0 aliphatic heterocycles. The molecule has 0 amide bonds. The molecule has 1 atom stereocenters. The molecule has 0 bridgehead atoms. The van der Waals surface area contributed by atoms with Crippen molar-refractivity contribution < 1.29 is 9.50 Å². The maximum Gasteiger partial charge on any atom is 0.166 e. The number of anilines is 1. The Bertz CT molecular complexity index is 950. The monoisotopic (exact) mass is 355 g/mol. The highest BCUT2D eigenvalue weighted by molar-refractivity contribution is 5.85. The number of hydrogen-bond donors (Lipinski definition) is 2. The molecule has 0 saturated heterocycles. The normalized spacial score (nSPS) is 12.9. The smallest absolute Gasteiger partial charge is 0.166 e. The fourth-order valence-corrected chi connectivity index (χ4v) is 2.80. The molecule has 0 fully saturated rings. The molecule has 136 valence electrons. The second-order valence-corrected chi connectivity index (χ2v) is 6.26. The zero-order valence-electron chi connectivity index (χ0n) is 14.9. The molecule has 3 rings (SSSR count). The van der Waals surface area contributed by atoms with Crippen LogP contribution < -0.4 is 5.73 Å². The molecule has 0 aliphatic rings. The maximum atomic E-state index is 13.6. The van der Waals surface area contributed by atoms with E-state index in [1.807, 2.05) is 26.1 Å². The number of aryl methyl sites for hydroxylation is 1. The first-order valence-electron chi connectivity index (χ1n) is 8.53. The summed E-state index contributed by atoms with van der Waals surface area (Å²) in [6, 6.07) is 6.26. The molecule has 2 aromatic heterocycles. The number of halogens is 1. The van der Waals surface area contributed by atoms with Crippen molar-refractivity contribution in [1.82, 2.24) is 19.5 Å². The van der Waals surface area contributed by atoms with E-state index >= 15 is 0 Å². The van der Waals surface area contributed by atoms with Crippen LogP contribution in [0.5, 0.6) is 0 Å². The molecule has 7 heteroatoms. The largest absolute Gasteiger partial charge is 0.396 e. The number of nitrogens with two attached hydrogens (primary N) is 1. The molecular formula is C19H22FN5O. The number of benzene rings is 1. The Balaban J connectivity index is 1.99. The van der Waals surface area contributed by atoms with E-state index in [1.165, 1.54) is 12.1 Å². The average Bonchev–Trinajstić information content (AvgIpc) is 2.96. The number of fused-ring (bicyclic) bond motifs is 1. The van der Waals surface area contributed by atoms with Gasteiger partial charge in [0, 0.05) is 25.1 Å². The molecular weight excluding hydrogens is 333 g/mol. The number of nitrogens with zero attached hydrogens (tertiary/aromatic N) is 4. The van der Waals surface area contributed by atoms with E-state index in [4.69, 9.17) is 10.8 Å². The quantitative estimate of drug-likeness (QED) is 0.663. The van der Waals surface area contributed by atoms with Crippen LogP contribution in [0.15, 0.2) is 36.4 Å². The van der Waals surface area contributed by atoms with E-state index < -0.39 is 0 Å². The summed E-state index contributed by atoms with van der Waals surface area (Å²) in [5.74, 6) is 1.29. The van der Waals surface area contributed by atoms with Crippen molar-refractivity contribution >= 4 is 17.0 Å². The van der Waals surface area contributed by atoms with Gasteiger partial charge in [0.15, 0.2) is 17.0 Å². The van der Waals surface area contributed by atoms with Gasteiger partial charge < -0.3 is 15.4 Å². The molecule has 1 aromatic carbocycles. The summed E-state index contributed by atoms with van der Waals surface area (Å²) in [6.45, 7) is 2.16. The molecule has 26 heavy (non-hydrogen) atoms. The molecule has 1 unspecified atom stereocenters. The van der Waals surface area contributed by atoms with Crippen molar-refractivity contribution in [3.05, 3.63) is 48.1 Å². The predicted octanol–water partition coefficient (Wildman–Crippen LogP) is 3.18. The summed E-state index contributed by atoms with van der Waals surface area (Å²) in [6.07, 6.45) is 5.32. The van der Waals surface area contributed by atoms with Gasteiger partial charge >= 0.3 is 0 Å². The fourth-order valence-electron chi connectivity index (χ4n) is 2.80. The van der Waals surface area contributed by atoms with Gasteiger partial charge in [-0.15, -0.1) is 0 Å². The summed E-state index contributed by atoms with van der Waals surface area (Å²) in [4.78, 5) is 13.5. The van der Waals surface area contributed by atoms with Crippen molar-refractivity contribution in [3.63, 3.8) is 0 Å². The Hall–Kier alpha value is -2.80. The lowest BCUT2D eigenvalue weighted by Crippen LogP contribution is -2.05. The first-order valence-corrected chi connectivity index (χ1v) is 8.53. The van der Waals surface area contributed by atoms with Crippen LogP contribution in [0.4, 0.5) is 10.2 Å². The highest BCUT2D eigenvalue weighted by Crippen LogP contribution is 2.27. The molecule has 0 radical (unpaired) electrons. The van der Waals surface area contributed by atoms with E-state index in [9.17, 15) is 4.39 Å². The van der Waals surface area contributed by atoms with Gasteiger partial charge in [0.25, 0.3) is 0 Å². The lowest BCUT2D eigenvalue weighted by atomic mass is 10.1. The predicted molar refractivity (Wildman–Crippen MR) is 100.0 cm³/mol. The van der Waals surface area contributed by atoms with Crippen LogP contribution in [0.25, 0.3) is 22.6 Å². The molecule has 6 nitrogen and oxygen atoms in total. The number of allylic oxidation sites excluding steroid dienone is 1. The minimum atomic E-state index is -0.322. The minimum Gasteiger partial charge on any atom is -0.396 e. The Morgan fingerprint density at radius 1 is 1.27 bits per heavy atom. The van der Waals surface area contributed by atoms with Crippen LogP contribution in [0.3, 0.4) is 0 Å². The number of rotatable bonds is 6. The van der Waals surface area contributed by atoms with Crippen LogP contribution in [0, 0.1) is 5.82 Å². The minimum absolute atomic E-state index is 0.0733. The Kier molecular flexibility index (Phi) is 5.27. The van der Waals surface area contributed by atoms with Crippen LogP contribution in [-0.2, 0) is 7.05 Å². The van der Waals surface area contributed by atoms with Crippen molar-refractivity contribution in [2.75, 3.05) is 12.3 Å².